The van der Waals surface area contributed by atoms with Crippen molar-refractivity contribution in [3.63, 3.8) is 0 Å². The standard InChI is InChI=1S/C16H21ClN2O3/c1-16(2,22-13-7-5-12(17)6-8-13)15(21)19-10-9-18-14(20)11-3-4-11/h5-8,11H,3-4,9-10H2,1-2H3,(H,18,20)(H,19,21). The molecular formula is C16H21ClN2O3. The fourth-order valence-electron chi connectivity index (χ4n) is 1.91. The van der Waals surface area contributed by atoms with Crippen LogP contribution in [0, 0.1) is 5.92 Å². The van der Waals surface area contributed by atoms with E-state index in [1.54, 1.807) is 38.1 Å². The minimum Gasteiger partial charge on any atom is -0.478 e. The Morgan fingerprint density at radius 3 is 2.36 bits per heavy atom. The van der Waals surface area contributed by atoms with Crippen molar-refractivity contribution in [1.82, 2.24) is 10.6 Å². The van der Waals surface area contributed by atoms with E-state index in [4.69, 9.17) is 16.3 Å². The summed E-state index contributed by atoms with van der Waals surface area (Å²) in [7, 11) is 0. The number of ether oxygens (including phenoxy) is 1. The van der Waals surface area contributed by atoms with Crippen LogP contribution in [0.4, 0.5) is 0 Å². The van der Waals surface area contributed by atoms with Crippen LogP contribution in [0.3, 0.4) is 0 Å². The van der Waals surface area contributed by atoms with Crippen molar-refractivity contribution < 1.29 is 14.3 Å². The van der Waals surface area contributed by atoms with Crippen LogP contribution in [-0.4, -0.2) is 30.5 Å². The lowest BCUT2D eigenvalue weighted by atomic mass is 10.1. The molecule has 1 aromatic carbocycles. The van der Waals surface area contributed by atoms with Crippen molar-refractivity contribution in [1.29, 1.82) is 0 Å². The number of benzene rings is 1. The Bertz CT molecular complexity index is 539. The molecule has 2 rings (SSSR count). The zero-order valence-electron chi connectivity index (χ0n) is 12.8. The van der Waals surface area contributed by atoms with Gasteiger partial charge >= 0.3 is 0 Å². The summed E-state index contributed by atoms with van der Waals surface area (Å²) in [4.78, 5) is 23.6. The van der Waals surface area contributed by atoms with E-state index < -0.39 is 5.60 Å². The molecule has 1 saturated carbocycles. The molecule has 2 N–H and O–H groups in total. The van der Waals surface area contributed by atoms with Gasteiger partial charge in [-0.1, -0.05) is 11.6 Å². The van der Waals surface area contributed by atoms with Crippen molar-refractivity contribution in [3.8, 4) is 5.75 Å². The molecule has 1 aliphatic carbocycles. The molecular weight excluding hydrogens is 304 g/mol. The Balaban J connectivity index is 1.74. The van der Waals surface area contributed by atoms with E-state index in [0.29, 0.717) is 23.9 Å². The fraction of sp³-hybridized carbons (Fsp3) is 0.500. The van der Waals surface area contributed by atoms with Gasteiger partial charge in [0.25, 0.3) is 5.91 Å². The van der Waals surface area contributed by atoms with E-state index in [9.17, 15) is 9.59 Å². The minimum absolute atomic E-state index is 0.0749. The second-order valence-electron chi connectivity index (χ2n) is 5.89. The number of hydrogen-bond acceptors (Lipinski definition) is 3. The van der Waals surface area contributed by atoms with Crippen LogP contribution < -0.4 is 15.4 Å². The van der Waals surface area contributed by atoms with Crippen molar-refractivity contribution in [3.05, 3.63) is 29.3 Å². The maximum absolute atomic E-state index is 12.2. The van der Waals surface area contributed by atoms with Gasteiger partial charge < -0.3 is 15.4 Å². The first-order valence-electron chi connectivity index (χ1n) is 7.39. The third kappa shape index (κ3) is 4.91. The first-order valence-corrected chi connectivity index (χ1v) is 7.77. The van der Waals surface area contributed by atoms with E-state index >= 15 is 0 Å². The molecule has 5 nitrogen and oxygen atoms in total. The Morgan fingerprint density at radius 2 is 1.77 bits per heavy atom. The molecule has 1 aliphatic rings. The fourth-order valence-corrected chi connectivity index (χ4v) is 2.03. The van der Waals surface area contributed by atoms with Crippen molar-refractivity contribution in [2.75, 3.05) is 13.1 Å². The highest BCUT2D eigenvalue weighted by atomic mass is 35.5. The predicted molar refractivity (Wildman–Crippen MR) is 84.9 cm³/mol. The Morgan fingerprint density at radius 1 is 1.18 bits per heavy atom. The SMILES string of the molecule is CC(C)(Oc1ccc(Cl)cc1)C(=O)NCCNC(=O)C1CC1. The number of carbonyl (C=O) groups excluding carboxylic acids is 2. The smallest absolute Gasteiger partial charge is 0.263 e. The maximum Gasteiger partial charge on any atom is 0.263 e. The van der Waals surface area contributed by atoms with Crippen LogP contribution in [0.5, 0.6) is 5.75 Å². The summed E-state index contributed by atoms with van der Waals surface area (Å²) in [5, 5.41) is 6.17. The summed E-state index contributed by atoms with van der Waals surface area (Å²) in [5.74, 6) is 0.598. The summed E-state index contributed by atoms with van der Waals surface area (Å²) in [6.07, 6.45) is 1.94. The molecule has 0 saturated heterocycles. The Kier molecular flexibility index (Phi) is 5.29. The highest BCUT2D eigenvalue weighted by molar-refractivity contribution is 6.30. The lowest BCUT2D eigenvalue weighted by Gasteiger charge is -2.25. The maximum atomic E-state index is 12.2. The average Bonchev–Trinajstić information content (AvgIpc) is 3.30. The first-order chi connectivity index (χ1) is 10.4. The molecule has 0 aliphatic heterocycles. The zero-order chi connectivity index (χ0) is 16.2. The minimum atomic E-state index is -1.01. The van der Waals surface area contributed by atoms with Crippen LogP contribution in [0.25, 0.3) is 0 Å². The number of amides is 2. The summed E-state index contributed by atoms with van der Waals surface area (Å²) < 4.78 is 5.69. The molecule has 0 heterocycles. The Labute approximate surface area is 135 Å². The van der Waals surface area contributed by atoms with E-state index in [-0.39, 0.29) is 17.7 Å². The highest BCUT2D eigenvalue weighted by Crippen LogP contribution is 2.28. The van der Waals surface area contributed by atoms with Gasteiger partial charge in [-0.2, -0.15) is 0 Å². The monoisotopic (exact) mass is 324 g/mol. The van der Waals surface area contributed by atoms with Crippen molar-refractivity contribution >= 4 is 23.4 Å². The molecule has 1 fully saturated rings. The third-order valence-corrected chi connectivity index (χ3v) is 3.64. The number of rotatable bonds is 7. The third-order valence-electron chi connectivity index (χ3n) is 3.39. The molecule has 6 heteroatoms. The van der Waals surface area contributed by atoms with Gasteiger partial charge in [0.15, 0.2) is 5.60 Å². The summed E-state index contributed by atoms with van der Waals surface area (Å²) in [6.45, 7) is 4.20. The molecule has 0 bridgehead atoms. The molecule has 0 spiro atoms. The second-order valence-corrected chi connectivity index (χ2v) is 6.32. The topological polar surface area (TPSA) is 67.4 Å². The van der Waals surface area contributed by atoms with Crippen molar-refractivity contribution in [2.24, 2.45) is 5.92 Å². The van der Waals surface area contributed by atoms with E-state index in [1.807, 2.05) is 0 Å². The van der Waals surface area contributed by atoms with E-state index in [2.05, 4.69) is 10.6 Å². The zero-order valence-corrected chi connectivity index (χ0v) is 13.6. The largest absolute Gasteiger partial charge is 0.478 e. The number of nitrogens with one attached hydrogen (secondary N) is 2. The van der Waals surface area contributed by atoms with Gasteiger partial charge in [0, 0.05) is 24.0 Å². The first kappa shape index (κ1) is 16.6. The normalized spacial score (nSPS) is 14.3. The van der Waals surface area contributed by atoms with Crippen LogP contribution in [0.2, 0.25) is 5.02 Å². The molecule has 0 radical (unpaired) electrons. The summed E-state index contributed by atoms with van der Waals surface area (Å²) in [5.41, 5.74) is -1.01. The average molecular weight is 325 g/mol. The molecule has 22 heavy (non-hydrogen) atoms. The Hall–Kier alpha value is -1.75. The van der Waals surface area contributed by atoms with Gasteiger partial charge in [0.05, 0.1) is 0 Å². The van der Waals surface area contributed by atoms with Crippen molar-refractivity contribution in [2.45, 2.75) is 32.3 Å². The van der Waals surface area contributed by atoms with Crippen LogP contribution in [0.15, 0.2) is 24.3 Å². The van der Waals surface area contributed by atoms with Crippen LogP contribution >= 0.6 is 11.6 Å². The lowest BCUT2D eigenvalue weighted by molar-refractivity contribution is -0.134. The van der Waals surface area contributed by atoms with Gasteiger partial charge in [0.2, 0.25) is 5.91 Å². The highest BCUT2D eigenvalue weighted by Gasteiger charge is 2.30. The van der Waals surface area contributed by atoms with E-state index in [0.717, 1.165) is 12.8 Å². The molecule has 0 unspecified atom stereocenters. The summed E-state index contributed by atoms with van der Waals surface area (Å²) in [6, 6.07) is 6.84. The van der Waals surface area contributed by atoms with E-state index in [1.165, 1.54) is 0 Å². The number of halogens is 1. The molecule has 0 atom stereocenters. The van der Waals surface area contributed by atoms with Crippen LogP contribution in [0.1, 0.15) is 26.7 Å². The van der Waals surface area contributed by atoms with Crippen LogP contribution in [-0.2, 0) is 9.59 Å². The molecule has 1 aromatic rings. The molecule has 2 amide bonds. The van der Waals surface area contributed by atoms with Gasteiger partial charge in [-0.25, -0.2) is 0 Å². The number of carbonyl (C=O) groups is 2. The number of hydrogen-bond donors (Lipinski definition) is 2. The predicted octanol–water partition coefficient (Wildman–Crippen LogP) is 2.14. The van der Waals surface area contributed by atoms with Gasteiger partial charge in [0.1, 0.15) is 5.75 Å². The molecule has 120 valence electrons. The second kappa shape index (κ2) is 7.01. The quantitative estimate of drug-likeness (QED) is 0.755. The van der Waals surface area contributed by atoms with Gasteiger partial charge in [-0.15, -0.1) is 0 Å². The molecule has 0 aromatic heterocycles. The van der Waals surface area contributed by atoms with Gasteiger partial charge in [-0.05, 0) is 51.0 Å². The lowest BCUT2D eigenvalue weighted by Crippen LogP contribution is -2.48. The summed E-state index contributed by atoms with van der Waals surface area (Å²) >= 11 is 5.81. The van der Waals surface area contributed by atoms with Gasteiger partial charge in [-0.3, -0.25) is 9.59 Å².